The molecule has 2 aromatic rings. The number of nitrogen functional groups attached to an aromatic ring is 1. The van der Waals surface area contributed by atoms with Crippen LogP contribution in [0.5, 0.6) is 0 Å². The summed E-state index contributed by atoms with van der Waals surface area (Å²) in [6.07, 6.45) is 2.79. The molecule has 0 atom stereocenters. The van der Waals surface area contributed by atoms with Crippen molar-refractivity contribution in [1.82, 2.24) is 19.5 Å². The molecular weight excluding hydrogens is 142 g/mol. The van der Waals surface area contributed by atoms with Crippen LogP contribution in [0.4, 0.5) is 5.82 Å². The zero-order valence-electron chi connectivity index (χ0n) is 5.60. The molecule has 0 aliphatic rings. The van der Waals surface area contributed by atoms with Gasteiger partial charge in [-0.1, -0.05) is 0 Å². The largest absolute Gasteiger partial charge is 0.382 e. The molecular formula is C6H5N5. The maximum absolute atomic E-state index is 5.49. The lowest BCUT2D eigenvalue weighted by Crippen LogP contribution is -1.93. The van der Waals surface area contributed by atoms with Crippen molar-refractivity contribution in [1.29, 1.82) is 0 Å². The maximum atomic E-state index is 5.49. The fraction of sp³-hybridized carbons (Fsp3) is 0. The highest BCUT2D eigenvalue weighted by Gasteiger charge is 2.03. The molecule has 0 amide bonds. The number of hydrogen-bond acceptors (Lipinski definition) is 4. The van der Waals surface area contributed by atoms with Crippen LogP contribution in [0.1, 0.15) is 0 Å². The van der Waals surface area contributed by atoms with Gasteiger partial charge in [-0.05, 0) is 0 Å². The summed E-state index contributed by atoms with van der Waals surface area (Å²) in [4.78, 5) is 11.5. The second-order valence-electron chi connectivity index (χ2n) is 2.08. The van der Waals surface area contributed by atoms with E-state index in [4.69, 9.17) is 12.8 Å². The molecule has 11 heavy (non-hydrogen) atoms. The van der Waals surface area contributed by atoms with Gasteiger partial charge in [-0.25, -0.2) is 15.0 Å². The van der Waals surface area contributed by atoms with E-state index in [1.807, 2.05) is 0 Å². The normalized spacial score (nSPS) is 10.6. The van der Waals surface area contributed by atoms with Crippen molar-refractivity contribution >= 4 is 17.0 Å². The number of imidazole rings is 1. The highest BCUT2D eigenvalue weighted by atomic mass is 15.1. The summed E-state index contributed by atoms with van der Waals surface area (Å²) in [5, 5.41) is 0. The Hall–Kier alpha value is -1.65. The van der Waals surface area contributed by atoms with Gasteiger partial charge in [0.2, 0.25) is 0 Å². The summed E-state index contributed by atoms with van der Waals surface area (Å²) in [7, 11) is 5.45. The Labute approximate surface area is 62.9 Å². The third-order valence-corrected chi connectivity index (χ3v) is 1.39. The van der Waals surface area contributed by atoms with Crippen molar-refractivity contribution in [2.75, 3.05) is 5.73 Å². The summed E-state index contributed by atoms with van der Waals surface area (Å²) < 4.78 is 1.30. The van der Waals surface area contributed by atoms with Crippen molar-refractivity contribution in [2.24, 2.45) is 0 Å². The van der Waals surface area contributed by atoms with Crippen molar-refractivity contribution in [3.63, 3.8) is 0 Å². The molecule has 2 rings (SSSR count). The predicted molar refractivity (Wildman–Crippen MR) is 39.4 cm³/mol. The first kappa shape index (κ1) is 6.09. The van der Waals surface area contributed by atoms with E-state index in [1.165, 1.54) is 17.2 Å². The van der Waals surface area contributed by atoms with Gasteiger partial charge in [0.05, 0.1) is 13.4 Å². The smallest absolute Gasteiger partial charge is 0.165 e. The summed E-state index contributed by atoms with van der Waals surface area (Å²) in [5.41, 5.74) is 6.56. The van der Waals surface area contributed by atoms with Crippen LogP contribution in [0.2, 0.25) is 0 Å². The molecule has 0 saturated heterocycles. The van der Waals surface area contributed by atoms with E-state index in [0.29, 0.717) is 17.0 Å². The van der Waals surface area contributed by atoms with E-state index in [9.17, 15) is 0 Å². The van der Waals surface area contributed by atoms with Gasteiger partial charge in [0.25, 0.3) is 0 Å². The number of rotatable bonds is 0. The molecule has 0 aromatic carbocycles. The minimum atomic E-state index is 0.346. The van der Waals surface area contributed by atoms with E-state index in [0.717, 1.165) is 0 Å². The minimum Gasteiger partial charge on any atom is -0.382 e. The quantitative estimate of drug-likeness (QED) is 0.566. The first-order valence-electron chi connectivity index (χ1n) is 2.97. The Morgan fingerprint density at radius 1 is 1.36 bits per heavy atom. The van der Waals surface area contributed by atoms with Gasteiger partial charge in [-0.2, -0.15) is 0 Å². The van der Waals surface area contributed by atoms with Crippen LogP contribution in [0.25, 0.3) is 11.2 Å². The molecule has 2 aromatic heterocycles. The maximum Gasteiger partial charge on any atom is 0.165 e. The van der Waals surface area contributed by atoms with Crippen molar-refractivity contribution < 1.29 is 0 Å². The number of nitrogens with two attached hydrogens (primary N) is 1. The lowest BCUT2D eigenvalue weighted by atomic mass is 10.5. The number of aromatic nitrogens is 4. The molecule has 54 valence electrons. The van der Waals surface area contributed by atoms with Crippen LogP contribution >= 0.6 is 0 Å². The van der Waals surface area contributed by atoms with Gasteiger partial charge in [0, 0.05) is 0 Å². The molecule has 0 aliphatic heterocycles. The topological polar surface area (TPSA) is 69.6 Å². The van der Waals surface area contributed by atoms with Gasteiger partial charge >= 0.3 is 0 Å². The van der Waals surface area contributed by atoms with Gasteiger partial charge in [0.15, 0.2) is 11.5 Å². The Balaban J connectivity index is 2.94. The molecule has 2 N–H and O–H groups in total. The van der Waals surface area contributed by atoms with Crippen LogP contribution < -0.4 is 5.73 Å². The third kappa shape index (κ3) is 0.739. The first-order valence-corrected chi connectivity index (χ1v) is 2.97. The van der Waals surface area contributed by atoms with Gasteiger partial charge in [-0.15, -0.1) is 0 Å². The second kappa shape index (κ2) is 1.91. The standard InChI is InChI=1S/C6H5N5/c1-11-3-10-4-5(7)8-2-9-6(4)11/h1-3H,(H2,7,8,9). The van der Waals surface area contributed by atoms with E-state index in [-0.39, 0.29) is 0 Å². The summed E-state index contributed by atoms with van der Waals surface area (Å²) >= 11 is 0. The molecule has 5 nitrogen and oxygen atoms in total. The molecule has 5 heteroatoms. The van der Waals surface area contributed by atoms with Crippen molar-refractivity contribution in [2.45, 2.75) is 0 Å². The highest BCUT2D eigenvalue weighted by Crippen LogP contribution is 2.12. The summed E-state index contributed by atoms with van der Waals surface area (Å²) in [5.74, 6) is 0.346. The molecule has 0 aliphatic carbocycles. The van der Waals surface area contributed by atoms with E-state index in [2.05, 4.69) is 15.0 Å². The van der Waals surface area contributed by atoms with Crippen molar-refractivity contribution in [3.05, 3.63) is 19.7 Å². The van der Waals surface area contributed by atoms with Crippen LogP contribution in [-0.2, 0) is 0 Å². The Morgan fingerprint density at radius 3 is 2.91 bits per heavy atom. The van der Waals surface area contributed by atoms with Gasteiger partial charge in [-0.3, -0.25) is 0 Å². The molecule has 2 heterocycles. The zero-order chi connectivity index (χ0) is 7.84. The number of hydrogen-bond donors (Lipinski definition) is 1. The molecule has 0 spiro atoms. The van der Waals surface area contributed by atoms with Gasteiger partial charge in [0.1, 0.15) is 11.8 Å². The first-order chi connectivity index (χ1) is 5.29. The minimum absolute atomic E-state index is 0.346. The Kier molecular flexibility index (Phi) is 1.06. The van der Waals surface area contributed by atoms with Crippen LogP contribution in [-0.4, -0.2) is 19.5 Å². The fourth-order valence-electron chi connectivity index (χ4n) is 0.870. The average Bonchev–Trinajstić information content (AvgIpc) is 2.35. The van der Waals surface area contributed by atoms with Crippen molar-refractivity contribution in [3.8, 4) is 0 Å². The third-order valence-electron chi connectivity index (χ3n) is 1.39. The second-order valence-corrected chi connectivity index (χ2v) is 2.08. The van der Waals surface area contributed by atoms with Gasteiger partial charge < -0.3 is 10.3 Å². The SMILES string of the molecule is [CH]n1cnc2c(N)ncnc21. The molecule has 0 fully saturated rings. The van der Waals surface area contributed by atoms with Crippen LogP contribution in [0, 0.1) is 7.05 Å². The number of fused-ring (bicyclic) bond motifs is 1. The lowest BCUT2D eigenvalue weighted by molar-refractivity contribution is 1.06. The number of nitrogens with zero attached hydrogens (tertiary/aromatic N) is 4. The molecule has 0 bridgehead atoms. The average molecular weight is 147 g/mol. The lowest BCUT2D eigenvalue weighted by Gasteiger charge is -1.92. The summed E-state index contributed by atoms with van der Waals surface area (Å²) in [6, 6.07) is 0. The highest BCUT2D eigenvalue weighted by molar-refractivity contribution is 5.81. The van der Waals surface area contributed by atoms with E-state index < -0.39 is 0 Å². The Bertz CT molecular complexity index is 391. The van der Waals surface area contributed by atoms with E-state index >= 15 is 0 Å². The number of anilines is 1. The van der Waals surface area contributed by atoms with Crippen LogP contribution in [0.3, 0.4) is 0 Å². The van der Waals surface area contributed by atoms with Crippen LogP contribution in [0.15, 0.2) is 12.7 Å². The predicted octanol–water partition coefficient (Wildman–Crippen LogP) is -0.0748. The molecule has 0 unspecified atom stereocenters. The monoisotopic (exact) mass is 147 g/mol. The Morgan fingerprint density at radius 2 is 2.18 bits per heavy atom. The van der Waals surface area contributed by atoms with E-state index in [1.54, 1.807) is 0 Å². The summed E-state index contributed by atoms with van der Waals surface area (Å²) in [6.45, 7) is 0. The molecule has 2 radical (unpaired) electrons. The fourth-order valence-corrected chi connectivity index (χ4v) is 0.870. The molecule has 0 saturated carbocycles. The zero-order valence-corrected chi connectivity index (χ0v) is 5.60.